The van der Waals surface area contributed by atoms with E-state index in [0.29, 0.717) is 37.3 Å². The molecule has 1 saturated heterocycles. The average Bonchev–Trinajstić information content (AvgIpc) is 2.42. The summed E-state index contributed by atoms with van der Waals surface area (Å²) < 4.78 is 26.7. The van der Waals surface area contributed by atoms with E-state index in [9.17, 15) is 13.2 Å². The van der Waals surface area contributed by atoms with Crippen LogP contribution in [0, 0.1) is 13.8 Å². The second-order valence-corrected chi connectivity index (χ2v) is 6.78. The monoisotopic (exact) mass is 298 g/mol. The molecule has 2 rings (SSSR count). The van der Waals surface area contributed by atoms with Crippen LogP contribution < -0.4 is 5.32 Å². The minimum atomic E-state index is -3.64. The normalized spacial score (nSPS) is 17.1. The minimum Gasteiger partial charge on any atom is -0.478 e. The Morgan fingerprint density at radius 2 is 1.85 bits per heavy atom. The molecule has 1 aliphatic rings. The Kier molecular flexibility index (Phi) is 4.12. The molecule has 0 spiro atoms. The van der Waals surface area contributed by atoms with E-state index in [4.69, 9.17) is 5.11 Å². The summed E-state index contributed by atoms with van der Waals surface area (Å²) in [6, 6.07) is 2.75. The van der Waals surface area contributed by atoms with Gasteiger partial charge in [0.25, 0.3) is 0 Å². The van der Waals surface area contributed by atoms with Gasteiger partial charge in [0, 0.05) is 26.2 Å². The van der Waals surface area contributed by atoms with Crippen molar-refractivity contribution in [1.29, 1.82) is 0 Å². The third kappa shape index (κ3) is 2.70. The van der Waals surface area contributed by atoms with Gasteiger partial charge >= 0.3 is 5.97 Å². The van der Waals surface area contributed by atoms with Gasteiger partial charge in [0.2, 0.25) is 10.0 Å². The van der Waals surface area contributed by atoms with Crippen molar-refractivity contribution < 1.29 is 18.3 Å². The molecule has 0 aromatic heterocycles. The first-order valence-corrected chi connectivity index (χ1v) is 7.83. The lowest BCUT2D eigenvalue weighted by atomic mass is 10.1. The van der Waals surface area contributed by atoms with Gasteiger partial charge in [-0.05, 0) is 37.1 Å². The third-order valence-electron chi connectivity index (χ3n) is 3.56. The maximum Gasteiger partial charge on any atom is 0.335 e. The highest BCUT2D eigenvalue weighted by atomic mass is 32.2. The molecule has 0 saturated carbocycles. The van der Waals surface area contributed by atoms with E-state index in [1.54, 1.807) is 13.8 Å². The molecule has 0 amide bonds. The number of rotatable bonds is 3. The quantitative estimate of drug-likeness (QED) is 0.853. The fourth-order valence-corrected chi connectivity index (χ4v) is 4.01. The number of carboxylic acids is 1. The number of hydrogen-bond donors (Lipinski definition) is 2. The molecule has 1 aliphatic heterocycles. The summed E-state index contributed by atoms with van der Waals surface area (Å²) in [4.78, 5) is 11.2. The second-order valence-electron chi connectivity index (χ2n) is 4.88. The Morgan fingerprint density at radius 1 is 1.25 bits per heavy atom. The lowest BCUT2D eigenvalue weighted by molar-refractivity contribution is 0.0696. The van der Waals surface area contributed by atoms with Crippen molar-refractivity contribution >= 4 is 16.0 Å². The number of aryl methyl sites for hydroxylation is 1. The van der Waals surface area contributed by atoms with Crippen molar-refractivity contribution in [2.75, 3.05) is 26.2 Å². The van der Waals surface area contributed by atoms with Crippen LogP contribution in [0.3, 0.4) is 0 Å². The van der Waals surface area contributed by atoms with Gasteiger partial charge in [-0.2, -0.15) is 4.31 Å². The lowest BCUT2D eigenvalue weighted by Gasteiger charge is -2.27. The zero-order chi connectivity index (χ0) is 14.9. The Hall–Kier alpha value is -1.44. The van der Waals surface area contributed by atoms with Crippen LogP contribution in [0.15, 0.2) is 17.0 Å². The molecular weight excluding hydrogens is 280 g/mol. The van der Waals surface area contributed by atoms with E-state index in [0.717, 1.165) is 0 Å². The van der Waals surface area contributed by atoms with Crippen LogP contribution in [0.4, 0.5) is 0 Å². The molecule has 2 N–H and O–H groups in total. The SMILES string of the molecule is Cc1cc(C(=O)O)cc(S(=O)(=O)N2CCNCC2)c1C. The number of carbonyl (C=O) groups is 1. The number of sulfonamides is 1. The van der Waals surface area contributed by atoms with E-state index < -0.39 is 16.0 Å². The highest BCUT2D eigenvalue weighted by Crippen LogP contribution is 2.24. The van der Waals surface area contributed by atoms with Crippen molar-refractivity contribution in [2.24, 2.45) is 0 Å². The number of carboxylic acid groups (broad SMARTS) is 1. The summed E-state index contributed by atoms with van der Waals surface area (Å²) in [6.07, 6.45) is 0. The van der Waals surface area contributed by atoms with Crippen molar-refractivity contribution in [3.8, 4) is 0 Å². The molecule has 0 atom stereocenters. The molecule has 1 fully saturated rings. The molecule has 110 valence electrons. The van der Waals surface area contributed by atoms with E-state index in [-0.39, 0.29) is 10.5 Å². The number of hydrogen-bond acceptors (Lipinski definition) is 4. The summed E-state index contributed by atoms with van der Waals surface area (Å²) in [5, 5.41) is 12.2. The molecule has 0 bridgehead atoms. The fraction of sp³-hybridized carbons (Fsp3) is 0.462. The van der Waals surface area contributed by atoms with Gasteiger partial charge in [0.05, 0.1) is 10.5 Å². The molecule has 20 heavy (non-hydrogen) atoms. The summed E-state index contributed by atoms with van der Waals surface area (Å²) in [5.74, 6) is -1.12. The summed E-state index contributed by atoms with van der Waals surface area (Å²) in [5.41, 5.74) is 1.27. The van der Waals surface area contributed by atoms with E-state index in [1.807, 2.05) is 0 Å². The second kappa shape index (κ2) is 5.51. The average molecular weight is 298 g/mol. The Labute approximate surface area is 118 Å². The number of nitrogens with zero attached hydrogens (tertiary/aromatic N) is 1. The van der Waals surface area contributed by atoms with Gasteiger partial charge in [-0.1, -0.05) is 0 Å². The number of benzene rings is 1. The maximum absolute atomic E-state index is 12.6. The number of aromatic carboxylic acids is 1. The standard InChI is InChI=1S/C13H18N2O4S/c1-9-7-11(13(16)17)8-12(10(9)2)20(18,19)15-5-3-14-4-6-15/h7-8,14H,3-6H2,1-2H3,(H,16,17). The zero-order valence-corrected chi connectivity index (χ0v) is 12.3. The van der Waals surface area contributed by atoms with Gasteiger partial charge in [-0.15, -0.1) is 0 Å². The first kappa shape index (κ1) is 15.0. The molecular formula is C13H18N2O4S. The van der Waals surface area contributed by atoms with Crippen LogP contribution >= 0.6 is 0 Å². The van der Waals surface area contributed by atoms with Crippen molar-refractivity contribution in [1.82, 2.24) is 9.62 Å². The Morgan fingerprint density at radius 3 is 2.40 bits per heavy atom. The molecule has 1 aromatic carbocycles. The predicted molar refractivity (Wildman–Crippen MR) is 74.5 cm³/mol. The van der Waals surface area contributed by atoms with Crippen molar-refractivity contribution in [3.63, 3.8) is 0 Å². The third-order valence-corrected chi connectivity index (χ3v) is 5.59. The van der Waals surface area contributed by atoms with Crippen molar-refractivity contribution in [2.45, 2.75) is 18.7 Å². The van der Waals surface area contributed by atoms with Crippen LogP contribution in [0.25, 0.3) is 0 Å². The zero-order valence-electron chi connectivity index (χ0n) is 11.5. The summed E-state index contributed by atoms with van der Waals surface area (Å²) >= 11 is 0. The van der Waals surface area contributed by atoms with Gasteiger partial charge in [0.1, 0.15) is 0 Å². The molecule has 0 unspecified atom stereocenters. The molecule has 1 heterocycles. The largest absolute Gasteiger partial charge is 0.478 e. The van der Waals surface area contributed by atoms with E-state index >= 15 is 0 Å². The smallest absolute Gasteiger partial charge is 0.335 e. The van der Waals surface area contributed by atoms with Gasteiger partial charge in [-0.25, -0.2) is 13.2 Å². The van der Waals surface area contributed by atoms with Crippen LogP contribution in [0.1, 0.15) is 21.5 Å². The summed E-state index contributed by atoms with van der Waals surface area (Å²) in [7, 11) is -3.64. The maximum atomic E-state index is 12.6. The van der Waals surface area contributed by atoms with Gasteiger partial charge in [-0.3, -0.25) is 0 Å². The molecule has 6 nitrogen and oxygen atoms in total. The molecule has 0 radical (unpaired) electrons. The Balaban J connectivity index is 2.52. The van der Waals surface area contributed by atoms with Crippen LogP contribution in [0.2, 0.25) is 0 Å². The first-order chi connectivity index (χ1) is 9.34. The highest BCUT2D eigenvalue weighted by Gasteiger charge is 2.28. The van der Waals surface area contributed by atoms with Gasteiger partial charge in [0.15, 0.2) is 0 Å². The predicted octanol–water partition coefficient (Wildman–Crippen LogP) is 0.596. The van der Waals surface area contributed by atoms with Crippen molar-refractivity contribution in [3.05, 3.63) is 28.8 Å². The first-order valence-electron chi connectivity index (χ1n) is 6.39. The number of piperazine rings is 1. The number of nitrogens with one attached hydrogen (secondary N) is 1. The molecule has 0 aliphatic carbocycles. The van der Waals surface area contributed by atoms with Crippen LogP contribution in [-0.4, -0.2) is 50.0 Å². The van der Waals surface area contributed by atoms with Crippen LogP contribution in [0.5, 0.6) is 0 Å². The Bertz CT molecular complexity index is 634. The van der Waals surface area contributed by atoms with Crippen LogP contribution in [-0.2, 0) is 10.0 Å². The summed E-state index contributed by atoms with van der Waals surface area (Å²) in [6.45, 7) is 5.44. The fourth-order valence-electron chi connectivity index (χ4n) is 2.24. The van der Waals surface area contributed by atoms with E-state index in [2.05, 4.69) is 5.32 Å². The topological polar surface area (TPSA) is 86.7 Å². The molecule has 1 aromatic rings. The minimum absolute atomic E-state index is 0.00168. The lowest BCUT2D eigenvalue weighted by Crippen LogP contribution is -2.46. The molecule has 7 heteroatoms. The highest BCUT2D eigenvalue weighted by molar-refractivity contribution is 7.89. The van der Waals surface area contributed by atoms with Gasteiger partial charge < -0.3 is 10.4 Å². The van der Waals surface area contributed by atoms with E-state index in [1.165, 1.54) is 16.4 Å².